The Morgan fingerprint density at radius 3 is 2.79 bits per heavy atom. The second-order valence-corrected chi connectivity index (χ2v) is 6.93. The molecule has 1 aromatic carbocycles. The van der Waals surface area contributed by atoms with Crippen LogP contribution in [0, 0.1) is 5.82 Å². The summed E-state index contributed by atoms with van der Waals surface area (Å²) < 4.78 is 18.8. The van der Waals surface area contributed by atoms with E-state index in [9.17, 15) is 9.18 Å². The third-order valence-electron chi connectivity index (χ3n) is 4.40. The lowest BCUT2D eigenvalue weighted by Crippen LogP contribution is -2.35. The maximum absolute atomic E-state index is 13.2. The summed E-state index contributed by atoms with van der Waals surface area (Å²) in [6.07, 6.45) is 1.84. The number of halogens is 1. The standard InChI is InChI=1S/C18H17FN2O2S/c19-13-7-5-12(6-8-13)15-11-14(17-4-2-10-24-17)20-21(15)18(22)16-3-1-9-23-16/h2,4-8,10,15-16H,1,3,9,11H2/t15-,16-/m0/s1. The van der Waals surface area contributed by atoms with Crippen molar-refractivity contribution in [1.29, 1.82) is 0 Å². The molecule has 24 heavy (non-hydrogen) atoms. The molecule has 1 amide bonds. The fourth-order valence-electron chi connectivity index (χ4n) is 3.17. The fraction of sp³-hybridized carbons (Fsp3) is 0.333. The van der Waals surface area contributed by atoms with E-state index in [0.717, 1.165) is 29.0 Å². The molecule has 2 atom stereocenters. The van der Waals surface area contributed by atoms with E-state index in [4.69, 9.17) is 4.74 Å². The van der Waals surface area contributed by atoms with E-state index >= 15 is 0 Å². The Morgan fingerprint density at radius 1 is 1.29 bits per heavy atom. The molecule has 2 aliphatic heterocycles. The number of carbonyl (C=O) groups is 1. The minimum Gasteiger partial charge on any atom is -0.368 e. The van der Waals surface area contributed by atoms with Crippen LogP contribution in [0.2, 0.25) is 0 Å². The molecular weight excluding hydrogens is 327 g/mol. The number of ether oxygens (including phenoxy) is 1. The molecule has 1 aromatic heterocycles. The first-order valence-electron chi connectivity index (χ1n) is 8.04. The van der Waals surface area contributed by atoms with Gasteiger partial charge in [-0.3, -0.25) is 4.79 Å². The van der Waals surface area contributed by atoms with Gasteiger partial charge in [0, 0.05) is 13.0 Å². The lowest BCUT2D eigenvalue weighted by Gasteiger charge is -2.24. The molecule has 124 valence electrons. The van der Waals surface area contributed by atoms with Crippen LogP contribution in [0.3, 0.4) is 0 Å². The Bertz CT molecular complexity index is 752. The molecule has 0 unspecified atom stereocenters. The second-order valence-electron chi connectivity index (χ2n) is 5.98. The highest BCUT2D eigenvalue weighted by Gasteiger charge is 2.38. The van der Waals surface area contributed by atoms with Crippen molar-refractivity contribution in [2.24, 2.45) is 5.10 Å². The highest BCUT2D eigenvalue weighted by atomic mass is 32.1. The Labute approximate surface area is 143 Å². The van der Waals surface area contributed by atoms with Crippen LogP contribution in [0.4, 0.5) is 4.39 Å². The van der Waals surface area contributed by atoms with Crippen LogP contribution < -0.4 is 0 Å². The monoisotopic (exact) mass is 344 g/mol. The Balaban J connectivity index is 1.66. The molecule has 2 aliphatic rings. The molecule has 4 nitrogen and oxygen atoms in total. The van der Waals surface area contributed by atoms with Crippen LogP contribution in [0.15, 0.2) is 46.9 Å². The third kappa shape index (κ3) is 2.87. The third-order valence-corrected chi connectivity index (χ3v) is 5.32. The average Bonchev–Trinajstić information content (AvgIpc) is 3.34. The highest BCUT2D eigenvalue weighted by molar-refractivity contribution is 7.12. The van der Waals surface area contributed by atoms with E-state index in [-0.39, 0.29) is 17.8 Å². The molecule has 3 heterocycles. The summed E-state index contributed by atoms with van der Waals surface area (Å²) in [5, 5.41) is 8.13. The number of hydrazone groups is 1. The first kappa shape index (κ1) is 15.5. The van der Waals surface area contributed by atoms with Gasteiger partial charge in [-0.2, -0.15) is 5.10 Å². The van der Waals surface area contributed by atoms with Gasteiger partial charge in [0.05, 0.1) is 16.6 Å². The van der Waals surface area contributed by atoms with Gasteiger partial charge in [-0.05, 0) is 42.0 Å². The summed E-state index contributed by atoms with van der Waals surface area (Å²) in [5.74, 6) is -0.387. The van der Waals surface area contributed by atoms with Gasteiger partial charge in [0.1, 0.15) is 11.9 Å². The Morgan fingerprint density at radius 2 is 2.12 bits per heavy atom. The van der Waals surface area contributed by atoms with Gasteiger partial charge in [0.15, 0.2) is 0 Å². The van der Waals surface area contributed by atoms with Gasteiger partial charge in [-0.15, -0.1) is 11.3 Å². The predicted octanol–water partition coefficient (Wildman–Crippen LogP) is 3.74. The first-order chi connectivity index (χ1) is 11.7. The number of rotatable bonds is 3. The van der Waals surface area contributed by atoms with Gasteiger partial charge in [0.25, 0.3) is 5.91 Å². The molecule has 0 saturated carbocycles. The van der Waals surface area contributed by atoms with Crippen LogP contribution in [-0.2, 0) is 9.53 Å². The SMILES string of the molecule is O=C([C@@H]1CCCO1)N1N=C(c2cccs2)C[C@H]1c1ccc(F)cc1. The van der Waals surface area contributed by atoms with Crippen molar-refractivity contribution in [3.8, 4) is 0 Å². The smallest absolute Gasteiger partial charge is 0.272 e. The van der Waals surface area contributed by atoms with Crippen molar-refractivity contribution in [3.63, 3.8) is 0 Å². The van der Waals surface area contributed by atoms with Gasteiger partial charge in [0.2, 0.25) is 0 Å². The molecule has 1 saturated heterocycles. The normalized spacial score (nSPS) is 23.5. The zero-order chi connectivity index (χ0) is 16.5. The van der Waals surface area contributed by atoms with Gasteiger partial charge >= 0.3 is 0 Å². The van der Waals surface area contributed by atoms with Crippen LogP contribution in [0.5, 0.6) is 0 Å². The number of benzene rings is 1. The van der Waals surface area contributed by atoms with E-state index in [1.54, 1.807) is 23.5 Å². The topological polar surface area (TPSA) is 41.9 Å². The number of nitrogens with zero attached hydrogens (tertiary/aromatic N) is 2. The maximum atomic E-state index is 13.2. The largest absolute Gasteiger partial charge is 0.368 e. The molecule has 4 rings (SSSR count). The van der Waals surface area contributed by atoms with Crippen LogP contribution in [-0.4, -0.2) is 29.3 Å². The van der Waals surface area contributed by atoms with E-state index in [1.165, 1.54) is 17.1 Å². The van der Waals surface area contributed by atoms with Gasteiger partial charge in [-0.25, -0.2) is 9.40 Å². The average molecular weight is 344 g/mol. The summed E-state index contributed by atoms with van der Waals surface area (Å²) in [6.45, 7) is 0.618. The van der Waals surface area contributed by atoms with Crippen LogP contribution >= 0.6 is 11.3 Å². The van der Waals surface area contributed by atoms with Crippen molar-refractivity contribution < 1.29 is 13.9 Å². The Kier molecular flexibility index (Phi) is 4.16. The fourth-order valence-corrected chi connectivity index (χ4v) is 3.89. The summed E-state index contributed by atoms with van der Waals surface area (Å²) in [7, 11) is 0. The van der Waals surface area contributed by atoms with Gasteiger partial charge in [-0.1, -0.05) is 18.2 Å². The molecular formula is C18H17FN2O2S. The predicted molar refractivity (Wildman–Crippen MR) is 90.4 cm³/mol. The molecule has 1 fully saturated rings. The molecule has 2 aromatic rings. The van der Waals surface area contributed by atoms with Crippen LogP contribution in [0.1, 0.15) is 35.7 Å². The first-order valence-corrected chi connectivity index (χ1v) is 8.92. The number of hydrogen-bond acceptors (Lipinski definition) is 4. The van der Waals surface area contributed by atoms with E-state index in [0.29, 0.717) is 13.0 Å². The molecule has 0 radical (unpaired) electrons. The van der Waals surface area contributed by atoms with Crippen molar-refractivity contribution in [2.75, 3.05) is 6.61 Å². The van der Waals surface area contributed by atoms with Crippen molar-refractivity contribution in [2.45, 2.75) is 31.4 Å². The van der Waals surface area contributed by atoms with E-state index in [1.807, 2.05) is 17.5 Å². The van der Waals surface area contributed by atoms with E-state index < -0.39 is 6.10 Å². The molecule has 0 N–H and O–H groups in total. The van der Waals surface area contributed by atoms with Crippen molar-refractivity contribution in [1.82, 2.24) is 5.01 Å². The van der Waals surface area contributed by atoms with Crippen molar-refractivity contribution in [3.05, 3.63) is 58.0 Å². The molecule has 6 heteroatoms. The van der Waals surface area contributed by atoms with E-state index in [2.05, 4.69) is 5.10 Å². The quantitative estimate of drug-likeness (QED) is 0.851. The van der Waals surface area contributed by atoms with Crippen molar-refractivity contribution >= 4 is 23.0 Å². The second kappa shape index (κ2) is 6.45. The lowest BCUT2D eigenvalue weighted by atomic mass is 10.0. The number of amides is 1. The summed E-state index contributed by atoms with van der Waals surface area (Å²) in [6, 6.07) is 10.1. The zero-order valence-corrected chi connectivity index (χ0v) is 13.8. The number of hydrogen-bond donors (Lipinski definition) is 0. The molecule has 0 spiro atoms. The summed E-state index contributed by atoms with van der Waals surface area (Å²) >= 11 is 1.61. The van der Waals surface area contributed by atoms with Crippen LogP contribution in [0.25, 0.3) is 0 Å². The highest BCUT2D eigenvalue weighted by Crippen LogP contribution is 2.35. The summed E-state index contributed by atoms with van der Waals surface area (Å²) in [4.78, 5) is 13.9. The molecule has 0 bridgehead atoms. The summed E-state index contributed by atoms with van der Waals surface area (Å²) in [5.41, 5.74) is 1.78. The maximum Gasteiger partial charge on any atom is 0.272 e. The lowest BCUT2D eigenvalue weighted by molar-refractivity contribution is -0.142. The number of thiophene rings is 1. The minimum atomic E-state index is -0.417. The van der Waals surface area contributed by atoms with Gasteiger partial charge < -0.3 is 4.74 Å². The Hall–Kier alpha value is -2.05. The minimum absolute atomic E-state index is 0.103. The molecule has 0 aliphatic carbocycles. The number of carbonyl (C=O) groups excluding carboxylic acids is 1. The zero-order valence-electron chi connectivity index (χ0n) is 13.0.